The lowest BCUT2D eigenvalue weighted by Gasteiger charge is -2.09. The van der Waals surface area contributed by atoms with Gasteiger partial charge in [-0.25, -0.2) is 9.97 Å². The van der Waals surface area contributed by atoms with Crippen LogP contribution in [-0.4, -0.2) is 16.3 Å². The first-order valence-electron chi connectivity index (χ1n) is 6.09. The average molecular weight is 363 g/mol. The number of rotatable bonds is 3. The van der Waals surface area contributed by atoms with E-state index in [0.717, 1.165) is 20.9 Å². The Bertz CT molecular complexity index is 838. The number of hydrogen-bond donors (Lipinski definition) is 1. The maximum absolute atomic E-state index is 11.1. The number of carbonyl (C=O) groups is 1. The highest BCUT2D eigenvalue weighted by Crippen LogP contribution is 2.26. The van der Waals surface area contributed by atoms with Gasteiger partial charge in [0.05, 0.1) is 5.56 Å². The van der Waals surface area contributed by atoms with Gasteiger partial charge in [-0.1, -0.05) is 39.7 Å². The molecule has 0 radical (unpaired) electrons. The summed E-state index contributed by atoms with van der Waals surface area (Å²) < 4.78 is 1.03. The first-order chi connectivity index (χ1) is 10.2. The second-order valence-corrected chi connectivity index (χ2v) is 5.65. The summed E-state index contributed by atoms with van der Waals surface area (Å²) in [6.45, 7) is 0. The summed E-state index contributed by atoms with van der Waals surface area (Å²) >= 11 is 9.33. The molecule has 0 unspecified atom stereocenters. The van der Waals surface area contributed by atoms with Gasteiger partial charge in [0, 0.05) is 10.2 Å². The van der Waals surface area contributed by atoms with Crippen LogP contribution in [0.5, 0.6) is 0 Å². The third-order valence-electron chi connectivity index (χ3n) is 3.02. The fraction of sp³-hybridized carbons (Fsp3) is 0. The third kappa shape index (κ3) is 2.89. The minimum absolute atomic E-state index is 0.132. The molecule has 6 heteroatoms. The largest absolute Gasteiger partial charge is 0.339 e. The number of nitrogens with one attached hydrogen (secondary N) is 1. The normalized spacial score (nSPS) is 10.6. The van der Waals surface area contributed by atoms with Crippen molar-refractivity contribution in [2.45, 2.75) is 0 Å². The molecule has 0 spiro atoms. The van der Waals surface area contributed by atoms with Crippen molar-refractivity contribution in [1.29, 1.82) is 0 Å². The maximum Gasteiger partial charge on any atom is 0.156 e. The maximum atomic E-state index is 11.1. The van der Waals surface area contributed by atoms with E-state index in [4.69, 9.17) is 11.6 Å². The first-order valence-corrected chi connectivity index (χ1v) is 7.26. The van der Waals surface area contributed by atoms with E-state index in [9.17, 15) is 4.79 Å². The lowest BCUT2D eigenvalue weighted by molar-refractivity contribution is 0.112. The van der Waals surface area contributed by atoms with Gasteiger partial charge >= 0.3 is 0 Å². The molecule has 0 aliphatic rings. The number of aromatic nitrogens is 2. The smallest absolute Gasteiger partial charge is 0.156 e. The van der Waals surface area contributed by atoms with Crippen LogP contribution in [0.4, 0.5) is 11.5 Å². The summed E-state index contributed by atoms with van der Waals surface area (Å²) in [5.41, 5.74) is 1.07. The third-order valence-corrected chi connectivity index (χ3v) is 3.81. The number of hydrogen-bond acceptors (Lipinski definition) is 4. The van der Waals surface area contributed by atoms with Crippen molar-refractivity contribution in [2.24, 2.45) is 0 Å². The summed E-state index contributed by atoms with van der Waals surface area (Å²) in [4.78, 5) is 18.9. The number of nitrogens with zero attached hydrogens (tertiary/aromatic N) is 2. The van der Waals surface area contributed by atoms with Crippen LogP contribution in [0.1, 0.15) is 10.4 Å². The van der Waals surface area contributed by atoms with E-state index >= 15 is 0 Å². The van der Waals surface area contributed by atoms with Crippen LogP contribution in [0.3, 0.4) is 0 Å². The zero-order valence-electron chi connectivity index (χ0n) is 10.7. The summed E-state index contributed by atoms with van der Waals surface area (Å²) in [6.07, 6.45) is 1.96. The summed E-state index contributed by atoms with van der Waals surface area (Å²) in [6, 6.07) is 11.9. The van der Waals surface area contributed by atoms with Crippen LogP contribution >= 0.6 is 27.5 Å². The zero-order valence-corrected chi connectivity index (χ0v) is 13.0. The molecular weight excluding hydrogens is 354 g/mol. The summed E-state index contributed by atoms with van der Waals surface area (Å²) in [5.74, 6) is 0.390. The summed E-state index contributed by atoms with van der Waals surface area (Å²) in [5, 5.41) is 5.42. The molecule has 21 heavy (non-hydrogen) atoms. The van der Waals surface area contributed by atoms with Crippen molar-refractivity contribution < 1.29 is 4.79 Å². The minimum atomic E-state index is 0.132. The Morgan fingerprint density at radius 2 is 1.86 bits per heavy atom. The Balaban J connectivity index is 2.00. The predicted molar refractivity (Wildman–Crippen MR) is 87.4 cm³/mol. The van der Waals surface area contributed by atoms with Crippen molar-refractivity contribution >= 4 is 56.1 Å². The highest BCUT2D eigenvalue weighted by atomic mass is 79.9. The van der Waals surface area contributed by atoms with Gasteiger partial charge in [-0.05, 0) is 35.0 Å². The molecule has 0 bridgehead atoms. The van der Waals surface area contributed by atoms with Gasteiger partial charge < -0.3 is 5.32 Å². The topological polar surface area (TPSA) is 54.9 Å². The standard InChI is InChI=1S/C15H9BrClN3O/c16-11-3-1-10-6-12(4-2-9(10)5-11)20-15-13(7-21)14(17)18-8-19-15/h1-8H,(H,18,19,20). The molecule has 0 saturated carbocycles. The van der Waals surface area contributed by atoms with Gasteiger partial charge in [0.2, 0.25) is 0 Å². The van der Waals surface area contributed by atoms with Crippen molar-refractivity contribution in [3.63, 3.8) is 0 Å². The number of fused-ring (bicyclic) bond motifs is 1. The fourth-order valence-electron chi connectivity index (χ4n) is 2.01. The molecule has 3 aromatic rings. The molecule has 0 aliphatic carbocycles. The van der Waals surface area contributed by atoms with Crippen molar-refractivity contribution in [2.75, 3.05) is 5.32 Å². The first kappa shape index (κ1) is 14.0. The highest BCUT2D eigenvalue weighted by Gasteiger charge is 2.09. The second-order valence-electron chi connectivity index (χ2n) is 4.38. The molecule has 1 heterocycles. The minimum Gasteiger partial charge on any atom is -0.339 e. The van der Waals surface area contributed by atoms with Crippen molar-refractivity contribution in [3.8, 4) is 0 Å². The van der Waals surface area contributed by atoms with E-state index in [1.165, 1.54) is 6.33 Å². The molecule has 3 rings (SSSR count). The fourth-order valence-corrected chi connectivity index (χ4v) is 2.57. The molecule has 2 aromatic carbocycles. The van der Waals surface area contributed by atoms with E-state index < -0.39 is 0 Å². The van der Waals surface area contributed by atoms with Crippen LogP contribution < -0.4 is 5.32 Å². The molecule has 0 aliphatic heterocycles. The molecule has 0 fully saturated rings. The number of aldehydes is 1. The van der Waals surface area contributed by atoms with Crippen LogP contribution in [0.2, 0.25) is 5.15 Å². The molecule has 0 saturated heterocycles. The Morgan fingerprint density at radius 1 is 1.10 bits per heavy atom. The highest BCUT2D eigenvalue weighted by molar-refractivity contribution is 9.10. The van der Waals surface area contributed by atoms with Crippen LogP contribution in [0, 0.1) is 0 Å². The Hall–Kier alpha value is -1.98. The van der Waals surface area contributed by atoms with Gasteiger partial charge in [-0.3, -0.25) is 4.79 Å². The van der Waals surface area contributed by atoms with Gasteiger partial charge in [-0.2, -0.15) is 0 Å². The molecule has 1 N–H and O–H groups in total. The predicted octanol–water partition coefficient (Wildman–Crippen LogP) is 4.60. The van der Waals surface area contributed by atoms with Crippen LogP contribution in [0.25, 0.3) is 10.8 Å². The monoisotopic (exact) mass is 361 g/mol. The number of benzene rings is 2. The Morgan fingerprint density at radius 3 is 2.67 bits per heavy atom. The van der Waals surface area contributed by atoms with E-state index in [0.29, 0.717) is 12.1 Å². The number of anilines is 2. The lowest BCUT2D eigenvalue weighted by Crippen LogP contribution is -2.00. The Labute approximate surface area is 134 Å². The molecular formula is C15H9BrClN3O. The van der Waals surface area contributed by atoms with E-state index in [2.05, 4.69) is 31.2 Å². The molecule has 0 atom stereocenters. The number of halogens is 2. The van der Waals surface area contributed by atoms with Gasteiger partial charge in [-0.15, -0.1) is 0 Å². The van der Waals surface area contributed by atoms with Gasteiger partial charge in [0.1, 0.15) is 17.3 Å². The Kier molecular flexibility index (Phi) is 3.86. The van der Waals surface area contributed by atoms with E-state index in [-0.39, 0.29) is 10.7 Å². The second kappa shape index (κ2) is 5.79. The van der Waals surface area contributed by atoms with Crippen molar-refractivity contribution in [1.82, 2.24) is 9.97 Å². The van der Waals surface area contributed by atoms with E-state index in [1.54, 1.807) is 0 Å². The van der Waals surface area contributed by atoms with Crippen LogP contribution in [0.15, 0.2) is 47.2 Å². The van der Waals surface area contributed by atoms with Gasteiger partial charge in [0.25, 0.3) is 0 Å². The number of carbonyl (C=O) groups excluding carboxylic acids is 1. The molecule has 1 aromatic heterocycles. The van der Waals surface area contributed by atoms with Crippen molar-refractivity contribution in [3.05, 3.63) is 57.9 Å². The SMILES string of the molecule is O=Cc1c(Cl)ncnc1Nc1ccc2cc(Br)ccc2c1. The lowest BCUT2D eigenvalue weighted by atomic mass is 10.1. The van der Waals surface area contributed by atoms with E-state index in [1.807, 2.05) is 36.4 Å². The molecule has 0 amide bonds. The zero-order chi connectivity index (χ0) is 14.8. The van der Waals surface area contributed by atoms with Crippen LogP contribution in [-0.2, 0) is 0 Å². The molecule has 4 nitrogen and oxygen atoms in total. The quantitative estimate of drug-likeness (QED) is 0.546. The van der Waals surface area contributed by atoms with Gasteiger partial charge in [0.15, 0.2) is 6.29 Å². The summed E-state index contributed by atoms with van der Waals surface area (Å²) in [7, 11) is 0. The molecule has 104 valence electrons. The average Bonchev–Trinajstić information content (AvgIpc) is 2.48.